The molecule has 2 fully saturated rings. The molecule has 8 nitrogen and oxygen atoms in total. The van der Waals surface area contributed by atoms with Gasteiger partial charge in [-0.3, -0.25) is 9.59 Å². The van der Waals surface area contributed by atoms with E-state index in [2.05, 4.69) is 5.32 Å². The summed E-state index contributed by atoms with van der Waals surface area (Å²) in [5, 5.41) is 3.27. The number of carbonyl (C=O) groups excluding carboxylic acids is 2. The molecular formula is C24H28Cl2N4O4S. The zero-order valence-corrected chi connectivity index (χ0v) is 21.4. The lowest BCUT2D eigenvalue weighted by molar-refractivity contribution is -0.140. The fraction of sp³-hybridized carbons (Fsp3) is 0.417. The van der Waals surface area contributed by atoms with Crippen molar-refractivity contribution < 1.29 is 18.0 Å². The van der Waals surface area contributed by atoms with Crippen molar-refractivity contribution in [2.45, 2.75) is 55.2 Å². The number of carbonyl (C=O) groups is 2. The molecule has 1 saturated heterocycles. The van der Waals surface area contributed by atoms with Crippen LogP contribution in [-0.4, -0.2) is 60.8 Å². The van der Waals surface area contributed by atoms with E-state index in [9.17, 15) is 18.0 Å². The number of hydrogen-bond acceptors (Lipinski definition) is 5. The Kier molecular flexibility index (Phi) is 8.02. The second-order valence-electron chi connectivity index (χ2n) is 8.94. The molecule has 1 saturated carbocycles. The zero-order valence-electron chi connectivity index (χ0n) is 19.1. The first kappa shape index (κ1) is 25.9. The van der Waals surface area contributed by atoms with E-state index in [-0.39, 0.29) is 52.4 Å². The molecule has 2 aliphatic rings. The van der Waals surface area contributed by atoms with Crippen LogP contribution in [0, 0.1) is 0 Å². The maximum atomic E-state index is 13.6. The summed E-state index contributed by atoms with van der Waals surface area (Å²) in [5.41, 5.74) is 6.76. The maximum Gasteiger partial charge on any atom is 0.259 e. The maximum absolute atomic E-state index is 13.6. The van der Waals surface area contributed by atoms with Crippen LogP contribution in [0.2, 0.25) is 10.0 Å². The summed E-state index contributed by atoms with van der Waals surface area (Å²) in [6, 6.07) is 13.1. The minimum absolute atomic E-state index is 0.0171. The summed E-state index contributed by atoms with van der Waals surface area (Å²) in [4.78, 5) is 28.0. The van der Waals surface area contributed by atoms with Gasteiger partial charge in [-0.2, -0.15) is 4.31 Å². The van der Waals surface area contributed by atoms with E-state index >= 15 is 0 Å². The highest BCUT2D eigenvalue weighted by Crippen LogP contribution is 2.30. The minimum Gasteiger partial charge on any atom is -0.350 e. The number of nitrogens with two attached hydrogens (primary N) is 1. The van der Waals surface area contributed by atoms with Gasteiger partial charge in [0.1, 0.15) is 0 Å². The van der Waals surface area contributed by atoms with Gasteiger partial charge in [-0.1, -0.05) is 53.5 Å². The van der Waals surface area contributed by atoms with Crippen molar-refractivity contribution in [2.24, 2.45) is 5.73 Å². The highest BCUT2D eigenvalue weighted by atomic mass is 35.5. The molecule has 2 amide bonds. The van der Waals surface area contributed by atoms with Gasteiger partial charge in [-0.15, -0.1) is 0 Å². The van der Waals surface area contributed by atoms with Gasteiger partial charge in [-0.25, -0.2) is 8.42 Å². The number of nitrogens with zero attached hydrogens (tertiary/aromatic N) is 2. The van der Waals surface area contributed by atoms with Crippen molar-refractivity contribution >= 4 is 45.0 Å². The van der Waals surface area contributed by atoms with E-state index in [1.807, 2.05) is 30.3 Å². The smallest absolute Gasteiger partial charge is 0.259 e. The van der Waals surface area contributed by atoms with Gasteiger partial charge in [0.05, 0.1) is 21.4 Å². The average Bonchev–Trinajstić information content (AvgIpc) is 3.29. The third-order valence-electron chi connectivity index (χ3n) is 6.50. The minimum atomic E-state index is -4.15. The van der Waals surface area contributed by atoms with Gasteiger partial charge in [0.15, 0.2) is 6.17 Å². The van der Waals surface area contributed by atoms with Crippen LogP contribution in [-0.2, 0) is 26.0 Å². The highest BCUT2D eigenvalue weighted by molar-refractivity contribution is 7.89. The monoisotopic (exact) mass is 538 g/mol. The number of hydrogen-bond donors (Lipinski definition) is 2. The molecular weight excluding hydrogens is 511 g/mol. The molecule has 35 heavy (non-hydrogen) atoms. The van der Waals surface area contributed by atoms with E-state index in [0.29, 0.717) is 12.8 Å². The molecule has 1 aliphatic heterocycles. The molecule has 4 rings (SSSR count). The lowest BCUT2D eigenvalue weighted by Crippen LogP contribution is -2.56. The third-order valence-corrected chi connectivity index (χ3v) is 9.09. The van der Waals surface area contributed by atoms with E-state index in [1.54, 1.807) is 0 Å². The first-order valence-electron chi connectivity index (χ1n) is 11.5. The van der Waals surface area contributed by atoms with Gasteiger partial charge in [0, 0.05) is 25.2 Å². The van der Waals surface area contributed by atoms with Crippen LogP contribution in [0.1, 0.15) is 31.2 Å². The molecule has 0 bridgehead atoms. The molecule has 188 valence electrons. The predicted octanol–water partition coefficient (Wildman–Crippen LogP) is 2.78. The van der Waals surface area contributed by atoms with E-state index in [4.69, 9.17) is 28.9 Å². The average molecular weight is 539 g/mol. The Hall–Kier alpha value is -2.17. The quantitative estimate of drug-likeness (QED) is 0.587. The summed E-state index contributed by atoms with van der Waals surface area (Å²) in [6.07, 6.45) is 1.72. The first-order chi connectivity index (χ1) is 16.7. The zero-order chi connectivity index (χ0) is 25.2. The molecule has 0 radical (unpaired) electrons. The van der Waals surface area contributed by atoms with Crippen molar-refractivity contribution in [3.63, 3.8) is 0 Å². The molecule has 0 spiro atoms. The molecule has 1 heterocycles. The SMILES string of the molecule is NC1CCC(NC(=O)C2N(C(=O)Cc3ccccc3)CCN2S(=O)(=O)c2ccc(Cl)c(Cl)c2)CC1. The van der Waals surface area contributed by atoms with Crippen LogP contribution >= 0.6 is 23.2 Å². The molecule has 2 aromatic rings. The van der Waals surface area contributed by atoms with Crippen LogP contribution in [0.3, 0.4) is 0 Å². The Labute approximate surface area is 215 Å². The molecule has 1 unspecified atom stereocenters. The van der Waals surface area contributed by atoms with E-state index < -0.39 is 22.1 Å². The largest absolute Gasteiger partial charge is 0.350 e. The van der Waals surface area contributed by atoms with E-state index in [0.717, 1.165) is 22.7 Å². The van der Waals surface area contributed by atoms with Gasteiger partial charge in [-0.05, 0) is 49.4 Å². The number of sulfonamides is 1. The molecule has 2 aromatic carbocycles. The summed E-state index contributed by atoms with van der Waals surface area (Å²) >= 11 is 12.0. The number of rotatable bonds is 6. The second-order valence-corrected chi connectivity index (χ2v) is 11.6. The van der Waals surface area contributed by atoms with Crippen LogP contribution in [0.4, 0.5) is 0 Å². The number of benzene rings is 2. The molecule has 3 N–H and O–H groups in total. The Morgan fingerprint density at radius 3 is 2.31 bits per heavy atom. The van der Waals surface area contributed by atoms with Crippen molar-refractivity contribution in [1.29, 1.82) is 0 Å². The predicted molar refractivity (Wildman–Crippen MR) is 134 cm³/mol. The van der Waals surface area contributed by atoms with Gasteiger partial charge < -0.3 is 16.0 Å². The number of halogens is 2. The van der Waals surface area contributed by atoms with Crippen molar-refractivity contribution in [3.05, 3.63) is 64.1 Å². The van der Waals surface area contributed by atoms with Crippen LogP contribution in [0.15, 0.2) is 53.4 Å². The first-order valence-corrected chi connectivity index (χ1v) is 13.7. The van der Waals surface area contributed by atoms with Crippen LogP contribution in [0.5, 0.6) is 0 Å². The molecule has 0 aromatic heterocycles. The Balaban J connectivity index is 1.62. The molecule has 1 atom stereocenters. The van der Waals surface area contributed by atoms with E-state index in [1.165, 1.54) is 23.1 Å². The van der Waals surface area contributed by atoms with Crippen molar-refractivity contribution in [2.75, 3.05) is 13.1 Å². The Morgan fingerprint density at radius 2 is 1.66 bits per heavy atom. The second kappa shape index (κ2) is 10.8. The van der Waals surface area contributed by atoms with Gasteiger partial charge in [0.25, 0.3) is 5.91 Å². The fourth-order valence-corrected chi connectivity index (χ4v) is 6.51. The number of nitrogens with one attached hydrogen (secondary N) is 1. The summed E-state index contributed by atoms with van der Waals surface area (Å²) in [6.45, 7) is 0.0799. The summed E-state index contributed by atoms with van der Waals surface area (Å²) in [5.74, 6) is -0.845. The third kappa shape index (κ3) is 5.81. The Bertz CT molecular complexity index is 1190. The Morgan fingerprint density at radius 1 is 0.971 bits per heavy atom. The summed E-state index contributed by atoms with van der Waals surface area (Å²) < 4.78 is 28.2. The molecule has 11 heteroatoms. The van der Waals surface area contributed by atoms with Crippen LogP contribution in [0.25, 0.3) is 0 Å². The van der Waals surface area contributed by atoms with Crippen molar-refractivity contribution in [1.82, 2.24) is 14.5 Å². The molecule has 1 aliphatic carbocycles. The van der Waals surface area contributed by atoms with Gasteiger partial charge in [0.2, 0.25) is 15.9 Å². The van der Waals surface area contributed by atoms with Crippen LogP contribution < -0.4 is 11.1 Å². The van der Waals surface area contributed by atoms with Gasteiger partial charge >= 0.3 is 0 Å². The normalized spacial score (nSPS) is 23.3. The fourth-order valence-electron chi connectivity index (χ4n) is 4.58. The highest BCUT2D eigenvalue weighted by Gasteiger charge is 2.46. The standard InChI is InChI=1S/C24H28Cl2N4O4S/c25-20-11-10-19(15-21(20)26)35(33,34)30-13-12-29(22(31)14-16-4-2-1-3-5-16)24(30)23(32)28-18-8-6-17(27)7-9-18/h1-5,10-11,15,17-18,24H,6-9,12-14,27H2,(H,28,32). The lowest BCUT2D eigenvalue weighted by atomic mass is 9.92. The lowest BCUT2D eigenvalue weighted by Gasteiger charge is -2.32. The van der Waals surface area contributed by atoms with Crippen molar-refractivity contribution in [3.8, 4) is 0 Å². The summed E-state index contributed by atoms with van der Waals surface area (Å²) in [7, 11) is -4.15. The topological polar surface area (TPSA) is 113 Å². The number of amides is 2.